The molecule has 0 radical (unpaired) electrons. The first-order valence-corrected chi connectivity index (χ1v) is 6.50. The third-order valence-corrected chi connectivity index (χ3v) is 3.11. The maximum atomic E-state index is 12.3. The zero-order valence-electron chi connectivity index (χ0n) is 11.2. The Labute approximate surface area is 115 Å². The standard InChI is InChI=1S/C14H15N5O/c1-2-15-13-11(4-3-6-16-13)10-18-8-9-19-12(14(18)20)5-7-17-19/h3-9H,2,10H2,1H3,(H,15,16). The molecule has 0 aliphatic rings. The maximum absolute atomic E-state index is 12.3. The van der Waals surface area contributed by atoms with Crippen LogP contribution in [0.1, 0.15) is 12.5 Å². The van der Waals surface area contributed by atoms with Crippen LogP contribution in [0.3, 0.4) is 0 Å². The van der Waals surface area contributed by atoms with Gasteiger partial charge >= 0.3 is 0 Å². The summed E-state index contributed by atoms with van der Waals surface area (Å²) in [4.78, 5) is 16.6. The van der Waals surface area contributed by atoms with Crippen LogP contribution in [-0.2, 0) is 6.54 Å². The minimum Gasteiger partial charge on any atom is -0.370 e. The lowest BCUT2D eigenvalue weighted by Gasteiger charge is -2.11. The lowest BCUT2D eigenvalue weighted by atomic mass is 10.2. The van der Waals surface area contributed by atoms with Crippen LogP contribution in [0.5, 0.6) is 0 Å². The van der Waals surface area contributed by atoms with Crippen molar-refractivity contribution in [2.45, 2.75) is 13.5 Å². The smallest absolute Gasteiger partial charge is 0.276 e. The van der Waals surface area contributed by atoms with E-state index in [0.717, 1.165) is 17.9 Å². The number of fused-ring (bicyclic) bond motifs is 1. The third-order valence-electron chi connectivity index (χ3n) is 3.11. The van der Waals surface area contributed by atoms with Gasteiger partial charge in [0.2, 0.25) is 0 Å². The summed E-state index contributed by atoms with van der Waals surface area (Å²) >= 11 is 0. The van der Waals surface area contributed by atoms with Gasteiger partial charge in [-0.1, -0.05) is 6.07 Å². The molecule has 6 heteroatoms. The van der Waals surface area contributed by atoms with Gasteiger partial charge in [-0.05, 0) is 19.1 Å². The van der Waals surface area contributed by atoms with Crippen LogP contribution in [0.4, 0.5) is 5.82 Å². The van der Waals surface area contributed by atoms with Gasteiger partial charge in [0.05, 0.1) is 12.7 Å². The molecule has 0 unspecified atom stereocenters. The highest BCUT2D eigenvalue weighted by atomic mass is 16.1. The van der Waals surface area contributed by atoms with E-state index in [1.165, 1.54) is 0 Å². The molecule has 1 N–H and O–H groups in total. The monoisotopic (exact) mass is 269 g/mol. The van der Waals surface area contributed by atoms with Crippen molar-refractivity contribution < 1.29 is 0 Å². The first kappa shape index (κ1) is 12.4. The van der Waals surface area contributed by atoms with Crippen molar-refractivity contribution in [2.24, 2.45) is 0 Å². The Bertz CT molecular complexity index is 789. The van der Waals surface area contributed by atoms with E-state index in [0.29, 0.717) is 12.1 Å². The molecule has 102 valence electrons. The molecule has 6 nitrogen and oxygen atoms in total. The molecule has 0 fully saturated rings. The average molecular weight is 269 g/mol. The molecule has 0 aromatic carbocycles. The van der Waals surface area contributed by atoms with E-state index < -0.39 is 0 Å². The van der Waals surface area contributed by atoms with Gasteiger partial charge in [-0.15, -0.1) is 0 Å². The van der Waals surface area contributed by atoms with Crippen molar-refractivity contribution in [2.75, 3.05) is 11.9 Å². The SMILES string of the molecule is CCNc1ncccc1Cn1ccn2nccc2c1=O. The fourth-order valence-corrected chi connectivity index (χ4v) is 2.16. The topological polar surface area (TPSA) is 64.2 Å². The predicted octanol–water partition coefficient (Wildman–Crippen LogP) is 1.37. The van der Waals surface area contributed by atoms with E-state index in [1.54, 1.807) is 39.9 Å². The van der Waals surface area contributed by atoms with Crippen LogP contribution in [-0.4, -0.2) is 25.7 Å². The van der Waals surface area contributed by atoms with Crippen molar-refractivity contribution in [3.63, 3.8) is 0 Å². The van der Waals surface area contributed by atoms with E-state index in [2.05, 4.69) is 15.4 Å². The Morgan fingerprint density at radius 3 is 3.00 bits per heavy atom. The number of hydrogen-bond donors (Lipinski definition) is 1. The van der Waals surface area contributed by atoms with E-state index in [9.17, 15) is 4.79 Å². The van der Waals surface area contributed by atoms with Crippen molar-refractivity contribution in [1.29, 1.82) is 0 Å². The van der Waals surface area contributed by atoms with Crippen LogP contribution < -0.4 is 10.9 Å². The molecule has 0 aliphatic carbocycles. The fourth-order valence-electron chi connectivity index (χ4n) is 2.16. The highest BCUT2D eigenvalue weighted by molar-refractivity contribution is 5.45. The Hall–Kier alpha value is -2.63. The first-order chi connectivity index (χ1) is 9.79. The molecule has 3 aromatic heterocycles. The number of anilines is 1. The minimum atomic E-state index is -0.0590. The second-order valence-corrected chi connectivity index (χ2v) is 4.43. The Morgan fingerprint density at radius 2 is 2.15 bits per heavy atom. The zero-order valence-corrected chi connectivity index (χ0v) is 11.2. The number of nitrogens with one attached hydrogen (secondary N) is 1. The van der Waals surface area contributed by atoms with Gasteiger partial charge in [-0.3, -0.25) is 4.79 Å². The fraction of sp³-hybridized carbons (Fsp3) is 0.214. The van der Waals surface area contributed by atoms with Crippen molar-refractivity contribution >= 4 is 11.3 Å². The Kier molecular flexibility index (Phi) is 3.20. The van der Waals surface area contributed by atoms with Crippen LogP contribution >= 0.6 is 0 Å². The molecule has 3 heterocycles. The molecule has 0 spiro atoms. The third kappa shape index (κ3) is 2.16. The second-order valence-electron chi connectivity index (χ2n) is 4.43. The van der Waals surface area contributed by atoms with Gasteiger partial charge in [0.1, 0.15) is 11.3 Å². The van der Waals surface area contributed by atoms with Crippen molar-refractivity contribution in [1.82, 2.24) is 19.2 Å². The molecule has 3 rings (SSSR count). The maximum Gasteiger partial charge on any atom is 0.276 e. The molecular weight excluding hydrogens is 254 g/mol. The van der Waals surface area contributed by atoms with Gasteiger partial charge in [-0.25, -0.2) is 9.50 Å². The Morgan fingerprint density at radius 1 is 1.25 bits per heavy atom. The number of aromatic nitrogens is 4. The molecule has 0 amide bonds. The summed E-state index contributed by atoms with van der Waals surface area (Å²) < 4.78 is 3.24. The number of hydrogen-bond acceptors (Lipinski definition) is 4. The van der Waals surface area contributed by atoms with Gasteiger partial charge in [0, 0.05) is 30.7 Å². The number of nitrogens with zero attached hydrogens (tertiary/aromatic N) is 4. The summed E-state index contributed by atoms with van der Waals surface area (Å²) in [5.41, 5.74) is 1.50. The van der Waals surface area contributed by atoms with E-state index in [4.69, 9.17) is 0 Å². The molecule has 3 aromatic rings. The van der Waals surface area contributed by atoms with Gasteiger partial charge in [0.15, 0.2) is 0 Å². The molecule has 0 saturated carbocycles. The normalized spacial score (nSPS) is 10.8. The molecule has 0 saturated heterocycles. The van der Waals surface area contributed by atoms with E-state index >= 15 is 0 Å². The molecule has 0 aliphatic heterocycles. The molecular formula is C14H15N5O. The van der Waals surface area contributed by atoms with Crippen LogP contribution in [0.25, 0.3) is 5.52 Å². The summed E-state index contributed by atoms with van der Waals surface area (Å²) in [6.07, 6.45) is 6.88. The summed E-state index contributed by atoms with van der Waals surface area (Å²) in [5.74, 6) is 0.815. The summed E-state index contributed by atoms with van der Waals surface area (Å²) in [6.45, 7) is 3.29. The Balaban J connectivity index is 2.01. The lowest BCUT2D eigenvalue weighted by Crippen LogP contribution is -2.22. The summed E-state index contributed by atoms with van der Waals surface area (Å²) in [7, 11) is 0. The van der Waals surface area contributed by atoms with Gasteiger partial charge in [0.25, 0.3) is 5.56 Å². The molecule has 0 bridgehead atoms. The zero-order chi connectivity index (χ0) is 13.9. The average Bonchev–Trinajstić information content (AvgIpc) is 2.93. The lowest BCUT2D eigenvalue weighted by molar-refractivity contribution is 0.741. The first-order valence-electron chi connectivity index (χ1n) is 6.50. The van der Waals surface area contributed by atoms with Crippen molar-refractivity contribution in [3.8, 4) is 0 Å². The van der Waals surface area contributed by atoms with E-state index in [-0.39, 0.29) is 5.56 Å². The van der Waals surface area contributed by atoms with Crippen molar-refractivity contribution in [3.05, 3.63) is 58.9 Å². The van der Waals surface area contributed by atoms with Crippen LogP contribution in [0.15, 0.2) is 47.8 Å². The molecule has 0 atom stereocenters. The predicted molar refractivity (Wildman–Crippen MR) is 77.0 cm³/mol. The number of rotatable bonds is 4. The largest absolute Gasteiger partial charge is 0.370 e. The summed E-state index contributed by atoms with van der Waals surface area (Å²) in [5, 5.41) is 7.26. The van der Waals surface area contributed by atoms with Crippen LogP contribution in [0.2, 0.25) is 0 Å². The number of pyridine rings is 1. The second kappa shape index (κ2) is 5.16. The van der Waals surface area contributed by atoms with Gasteiger partial charge in [-0.2, -0.15) is 5.10 Å². The highest BCUT2D eigenvalue weighted by Gasteiger charge is 2.07. The van der Waals surface area contributed by atoms with Gasteiger partial charge < -0.3 is 9.88 Å². The highest BCUT2D eigenvalue weighted by Crippen LogP contribution is 2.12. The van der Waals surface area contributed by atoms with E-state index in [1.807, 2.05) is 19.1 Å². The molecule has 20 heavy (non-hydrogen) atoms. The summed E-state index contributed by atoms with van der Waals surface area (Å²) in [6, 6.07) is 5.56. The van der Waals surface area contributed by atoms with Crippen LogP contribution in [0, 0.1) is 0 Å². The quantitative estimate of drug-likeness (QED) is 0.777. The minimum absolute atomic E-state index is 0.0590.